The number of anilines is 18. The summed E-state index contributed by atoms with van der Waals surface area (Å²) in [5, 5.41) is 29.2. The van der Waals surface area contributed by atoms with Crippen molar-refractivity contribution in [1.29, 1.82) is 0 Å². The molecule has 33 nitrogen and oxygen atoms in total. The first-order valence-corrected chi connectivity index (χ1v) is 39.2. The fourth-order valence-electron chi connectivity index (χ4n) is 11.1. The van der Waals surface area contributed by atoms with Gasteiger partial charge in [0.1, 0.15) is 23.9 Å². The molecule has 128 heavy (non-hydrogen) atoms. The molecule has 1 aliphatic rings. The lowest BCUT2D eigenvalue weighted by Gasteiger charge is -2.26. The molecule has 7 aromatic carbocycles. The zero-order valence-corrected chi connectivity index (χ0v) is 70.6. The van der Waals surface area contributed by atoms with E-state index in [1.807, 2.05) is 42.5 Å². The smallest absolute Gasteiger partial charge is 0.260 e. The molecule has 1 fully saturated rings. The number of hydrogen-bond acceptors (Lipinski definition) is 28. The molecule has 0 spiro atoms. The molecular formula is C90H89ClF4N22O11. The quantitative estimate of drug-likeness (QED) is 0.0100. The number of benzene rings is 7. The molecule has 0 atom stereocenters. The second-order valence-electron chi connectivity index (χ2n) is 26.9. The second-order valence-corrected chi connectivity index (χ2v) is 27.3. The first kappa shape index (κ1) is 94.1. The van der Waals surface area contributed by atoms with Crippen molar-refractivity contribution in [3.63, 3.8) is 0 Å². The van der Waals surface area contributed by atoms with E-state index in [2.05, 4.69) is 124 Å². The summed E-state index contributed by atoms with van der Waals surface area (Å²) < 4.78 is 88.6. The maximum absolute atomic E-state index is 14.4. The summed E-state index contributed by atoms with van der Waals surface area (Å²) in [6, 6.07) is 50.8. The number of nitrogens with zero attached hydrogens (tertiary/aromatic N) is 12. The van der Waals surface area contributed by atoms with Gasteiger partial charge < -0.3 is 96.3 Å². The number of pyridine rings is 1. The molecule has 0 bridgehead atoms. The fraction of sp³-hybridized carbons (Fsp3) is 0.156. The Hall–Kier alpha value is -16.2. The van der Waals surface area contributed by atoms with E-state index < -0.39 is 29.2 Å². The Balaban J connectivity index is 0.000000178. The number of methoxy groups -OCH3 is 3. The van der Waals surface area contributed by atoms with E-state index in [1.54, 1.807) is 183 Å². The number of halogens is 5. The molecule has 0 aliphatic carbocycles. The molecule has 13 rings (SSSR count). The van der Waals surface area contributed by atoms with E-state index in [0.29, 0.717) is 132 Å². The number of likely N-dealkylation sites (N-methyl/N-ethyl adjacent to an activating group) is 2. The molecule has 1 aliphatic heterocycles. The van der Waals surface area contributed by atoms with E-state index in [1.165, 1.54) is 19.3 Å². The Kier molecular flexibility index (Phi) is 35.3. The van der Waals surface area contributed by atoms with Crippen LogP contribution in [0.25, 0.3) is 0 Å². The number of carbonyl (C=O) groups excluding carboxylic acids is 5. The zero-order chi connectivity index (χ0) is 91.3. The summed E-state index contributed by atoms with van der Waals surface area (Å²) in [7, 11) is 8.11. The van der Waals surface area contributed by atoms with E-state index in [-0.39, 0.29) is 77.3 Å². The van der Waals surface area contributed by atoms with E-state index in [9.17, 15) is 41.5 Å². The zero-order valence-electron chi connectivity index (χ0n) is 69.9. The Morgan fingerprint density at radius 2 is 0.844 bits per heavy atom. The van der Waals surface area contributed by atoms with Crippen molar-refractivity contribution in [3.8, 4) is 23.1 Å². The molecule has 38 heteroatoms. The van der Waals surface area contributed by atoms with Crippen molar-refractivity contribution >= 4 is 145 Å². The highest BCUT2D eigenvalue weighted by Gasteiger charge is 2.20. The van der Waals surface area contributed by atoms with Gasteiger partial charge in [-0.05, 0) is 151 Å². The highest BCUT2D eigenvalue weighted by Crippen LogP contribution is 2.32. The van der Waals surface area contributed by atoms with E-state index in [4.69, 9.17) is 40.0 Å². The number of nitrogens with one attached hydrogen (secondary N) is 10. The van der Waals surface area contributed by atoms with Gasteiger partial charge in [0.05, 0.1) is 81.4 Å². The van der Waals surface area contributed by atoms with Crippen LogP contribution in [0.2, 0.25) is 5.02 Å². The lowest BCUT2D eigenvalue weighted by molar-refractivity contribution is -0.137. The van der Waals surface area contributed by atoms with Crippen LogP contribution in [-0.4, -0.2) is 171 Å². The Labute approximate surface area is 738 Å². The normalized spacial score (nSPS) is 11.0. The summed E-state index contributed by atoms with van der Waals surface area (Å²) in [4.78, 5) is 100. The summed E-state index contributed by atoms with van der Waals surface area (Å²) >= 11 is 6.09. The molecule has 12 aromatic rings. The van der Waals surface area contributed by atoms with Crippen molar-refractivity contribution in [1.82, 2.24) is 59.6 Å². The topological polar surface area (TPSA) is 387 Å². The van der Waals surface area contributed by atoms with Gasteiger partial charge in [-0.3, -0.25) is 24.0 Å². The van der Waals surface area contributed by atoms with E-state index in [0.717, 1.165) is 53.8 Å². The average Bonchev–Trinajstić information content (AvgIpc) is 0.843. The van der Waals surface area contributed by atoms with Gasteiger partial charge in [-0.15, -0.1) is 0 Å². The molecule has 10 N–H and O–H groups in total. The van der Waals surface area contributed by atoms with Crippen LogP contribution >= 0.6 is 11.6 Å². The molecule has 5 amide bonds. The van der Waals surface area contributed by atoms with Crippen LogP contribution in [-0.2, 0) is 46.5 Å². The Bertz CT molecular complexity index is 5820. The molecule has 1 saturated heterocycles. The molecule has 0 saturated carbocycles. The minimum Gasteiger partial charge on any atom is -0.497 e. The van der Waals surface area contributed by atoms with Gasteiger partial charge >= 0.3 is 0 Å². The number of aromatic nitrogens is 9. The standard InChI is InChI=1S/C25H25FN6O4.C22H21ClFN5O3.C22H22FN5O2.C21H21FN6O2/c1-2-22(33)28-17-5-3-6-18(13-17)29-24-21(26)15-27-25(31-24)30-19-7-4-8-20(14-19)36-16-23(34)32-9-11-35-12-10-32;1-3-20(30)28-19-12-15(6-9-17(19)23)26-21-18(24)13-25-22(29-21)27-14-4-7-16(8-5-14)32-11-10-31-2;1-4-20(29)28(2)14-15-8-10-16(11-9-15)25-21-19(23)13-24-22(27-21)26-17-6-5-7-18(12-17)30-3;1-4-19(29)28(2)13-14-5-7-15(8-6-14)25-20-17(22)12-24-21(27-20)26-16-9-10-18(30-3)23-11-16/h2-8,13-15H,1,9-12,16H2,(H,28,33)(H2,27,29,30,31);3-9,12-13H,1,10-11H2,2H3,(H,28,30)(H2,25,26,27,29);4-13H,1,14H2,2-3H3,(H2,24,25,26,27);4-12H,1,13H2,2-3H3,(H2,24,25,26,27). The summed E-state index contributed by atoms with van der Waals surface area (Å²) in [6.45, 7) is 17.7. The molecule has 6 heterocycles. The highest BCUT2D eigenvalue weighted by atomic mass is 35.5. The largest absolute Gasteiger partial charge is 0.497 e. The van der Waals surface area contributed by atoms with Crippen LogP contribution in [0.4, 0.5) is 122 Å². The van der Waals surface area contributed by atoms with Crippen molar-refractivity contribution in [2.75, 3.05) is 135 Å². The van der Waals surface area contributed by atoms with Gasteiger partial charge in [-0.25, -0.2) is 42.5 Å². The predicted molar refractivity (Wildman–Crippen MR) is 483 cm³/mol. The van der Waals surface area contributed by atoms with Crippen molar-refractivity contribution in [2.45, 2.75) is 13.1 Å². The minimum absolute atomic E-state index is 0.0284. The Morgan fingerprint density at radius 1 is 0.430 bits per heavy atom. The summed E-state index contributed by atoms with van der Waals surface area (Å²) in [6.07, 6.45) is 10.7. The Morgan fingerprint density at radius 3 is 1.31 bits per heavy atom. The van der Waals surface area contributed by atoms with Gasteiger partial charge in [0.25, 0.3) is 5.91 Å². The van der Waals surface area contributed by atoms with Crippen LogP contribution in [0.15, 0.2) is 258 Å². The molecular weight excluding hydrogens is 1680 g/mol. The van der Waals surface area contributed by atoms with Crippen LogP contribution in [0.5, 0.6) is 23.1 Å². The fourth-order valence-corrected chi connectivity index (χ4v) is 11.3. The third-order valence-corrected chi connectivity index (χ3v) is 17.9. The maximum Gasteiger partial charge on any atom is 0.260 e. The van der Waals surface area contributed by atoms with Gasteiger partial charge in [-0.1, -0.05) is 80.4 Å². The van der Waals surface area contributed by atoms with Crippen molar-refractivity contribution < 1.29 is 70.0 Å². The number of morpholine rings is 1. The summed E-state index contributed by atoms with van der Waals surface area (Å²) in [5.74, 6) is -0.563. The highest BCUT2D eigenvalue weighted by molar-refractivity contribution is 6.34. The summed E-state index contributed by atoms with van der Waals surface area (Å²) in [5.41, 5.74) is 7.65. The van der Waals surface area contributed by atoms with Crippen LogP contribution in [0.1, 0.15) is 11.1 Å². The minimum atomic E-state index is -0.653. The lowest BCUT2D eigenvalue weighted by Crippen LogP contribution is -2.42. The van der Waals surface area contributed by atoms with Gasteiger partial charge in [0.15, 0.2) is 53.1 Å². The molecule has 0 radical (unpaired) electrons. The van der Waals surface area contributed by atoms with Gasteiger partial charge in [-0.2, -0.15) is 19.9 Å². The van der Waals surface area contributed by atoms with Crippen LogP contribution in [0.3, 0.4) is 0 Å². The van der Waals surface area contributed by atoms with Gasteiger partial charge in [0.2, 0.25) is 53.3 Å². The van der Waals surface area contributed by atoms with Crippen LogP contribution in [0, 0.1) is 23.3 Å². The third kappa shape index (κ3) is 29.8. The lowest BCUT2D eigenvalue weighted by atomic mass is 10.2. The predicted octanol–water partition coefficient (Wildman–Crippen LogP) is 16.3. The number of rotatable bonds is 35. The van der Waals surface area contributed by atoms with Gasteiger partial charge in [0, 0.05) is 111 Å². The second kappa shape index (κ2) is 48.0. The molecule has 660 valence electrons. The number of carbonyl (C=O) groups is 5. The SMILES string of the molecule is C=CC(=O)N(C)Cc1ccc(Nc2nc(Nc3ccc(OC)nc3)ncc2F)cc1.C=CC(=O)N(C)Cc1ccc(Nc2nc(Nc3cccc(OC)c3)ncc2F)cc1.C=CC(=O)Nc1cc(Nc2nc(Nc3ccc(OCCOC)cc3)ncc2F)ccc1Cl.C=CC(=O)Nc1cccc(Nc2nc(Nc3cccc(OCC(=O)N4CCOCC4)c3)ncc2F)c1. The maximum atomic E-state index is 14.4. The first-order chi connectivity index (χ1) is 61.9. The third-order valence-electron chi connectivity index (χ3n) is 17.6. The average molecular weight is 1770 g/mol. The van der Waals surface area contributed by atoms with Crippen molar-refractivity contribution in [2.24, 2.45) is 0 Å². The first-order valence-electron chi connectivity index (χ1n) is 38.8. The molecule has 5 aromatic heterocycles. The number of amides is 5. The number of ether oxygens (including phenoxy) is 6. The van der Waals surface area contributed by atoms with E-state index >= 15 is 0 Å². The number of hydrogen-bond donors (Lipinski definition) is 10. The monoisotopic (exact) mass is 1760 g/mol. The van der Waals surface area contributed by atoms with Crippen LogP contribution < -0.4 is 72.1 Å². The molecule has 0 unspecified atom stereocenters. The van der Waals surface area contributed by atoms with Crippen molar-refractivity contribution in [3.05, 3.63) is 297 Å².